The monoisotopic (exact) mass is 364 g/mol. The molecule has 0 amide bonds. The number of hydrogen-bond acceptors (Lipinski definition) is 2. The lowest BCUT2D eigenvalue weighted by Gasteiger charge is -2.02. The van der Waals surface area contributed by atoms with Crippen LogP contribution in [0.3, 0.4) is 0 Å². The Morgan fingerprint density at radius 2 is 2.12 bits per heavy atom. The Balaban J connectivity index is 2.57. The average molecular weight is 366 g/mol. The molecule has 0 aliphatic rings. The molecule has 1 heterocycles. The van der Waals surface area contributed by atoms with E-state index in [9.17, 15) is 4.79 Å². The van der Waals surface area contributed by atoms with Crippen molar-refractivity contribution in [1.82, 2.24) is 9.78 Å². The third-order valence-electron chi connectivity index (χ3n) is 2.73. The molecule has 0 atom stereocenters. The second-order valence-corrected chi connectivity index (χ2v) is 5.60. The number of hydrogen-bond donors (Lipinski definition) is 0. The number of aromatic nitrogens is 2. The molecule has 17 heavy (non-hydrogen) atoms. The zero-order chi connectivity index (χ0) is 12.8. The maximum atomic E-state index is 11.6. The number of ketones is 1. The van der Waals surface area contributed by atoms with Gasteiger partial charge in [-0.05, 0) is 35.2 Å². The van der Waals surface area contributed by atoms with Crippen LogP contribution in [0.5, 0.6) is 0 Å². The van der Waals surface area contributed by atoms with Gasteiger partial charge in [-0.25, -0.2) is 0 Å². The number of Topliss-reactive ketones (excluding diaryl/α,β-unsaturated/α-hetero) is 1. The normalized spacial score (nSPS) is 10.8. The zero-order valence-corrected chi connectivity index (χ0v) is 13.5. The van der Waals surface area contributed by atoms with Crippen LogP contribution in [-0.2, 0) is 24.7 Å². The zero-order valence-electron chi connectivity index (χ0n) is 10.3. The minimum atomic E-state index is 0.329. The highest BCUT2D eigenvalue weighted by Crippen LogP contribution is 2.22. The van der Waals surface area contributed by atoms with Gasteiger partial charge in [0, 0.05) is 25.2 Å². The molecule has 1 aromatic rings. The molecule has 5 heteroatoms. The van der Waals surface area contributed by atoms with Crippen LogP contribution in [0.25, 0.3) is 0 Å². The van der Waals surface area contributed by atoms with Crippen molar-refractivity contribution in [2.24, 2.45) is 7.05 Å². The van der Waals surface area contributed by atoms with Gasteiger partial charge in [-0.2, -0.15) is 5.10 Å². The minimum absolute atomic E-state index is 0.329. The van der Waals surface area contributed by atoms with E-state index in [1.165, 1.54) is 0 Å². The molecule has 96 valence electrons. The highest BCUT2D eigenvalue weighted by Gasteiger charge is 2.13. The van der Waals surface area contributed by atoms with Gasteiger partial charge < -0.3 is 0 Å². The highest BCUT2D eigenvalue weighted by molar-refractivity contribution is 9.10. The standard InChI is InChI=1S/C12H18Br2N2O/c1-3-10-12(14)11(16(2)15-10)7-6-9(17)5-4-8-13/h3-8H2,1-2H3. The molecule has 0 radical (unpaired) electrons. The third kappa shape index (κ3) is 4.21. The lowest BCUT2D eigenvalue weighted by Crippen LogP contribution is -2.04. The molecule has 1 rings (SSSR count). The summed E-state index contributed by atoms with van der Waals surface area (Å²) in [7, 11) is 1.93. The maximum Gasteiger partial charge on any atom is 0.133 e. The topological polar surface area (TPSA) is 34.9 Å². The summed E-state index contributed by atoms with van der Waals surface area (Å²) >= 11 is 6.90. The molecular weight excluding hydrogens is 348 g/mol. The molecule has 0 aromatic carbocycles. The molecule has 0 saturated heterocycles. The summed E-state index contributed by atoms with van der Waals surface area (Å²) in [5.74, 6) is 0.329. The Morgan fingerprint density at radius 3 is 2.65 bits per heavy atom. The molecule has 3 nitrogen and oxygen atoms in total. The third-order valence-corrected chi connectivity index (χ3v) is 4.21. The van der Waals surface area contributed by atoms with E-state index in [0.717, 1.165) is 40.5 Å². The van der Waals surface area contributed by atoms with Crippen molar-refractivity contribution in [2.45, 2.75) is 39.0 Å². The van der Waals surface area contributed by atoms with Crippen LogP contribution in [0.2, 0.25) is 0 Å². The van der Waals surface area contributed by atoms with Crippen molar-refractivity contribution in [1.29, 1.82) is 0 Å². The number of carbonyl (C=O) groups excluding carboxylic acids is 1. The van der Waals surface area contributed by atoms with E-state index in [1.807, 2.05) is 11.7 Å². The van der Waals surface area contributed by atoms with Crippen molar-refractivity contribution >= 4 is 37.6 Å². The summed E-state index contributed by atoms with van der Waals surface area (Å²) in [6.45, 7) is 2.08. The number of rotatable bonds is 7. The van der Waals surface area contributed by atoms with E-state index in [-0.39, 0.29) is 0 Å². The van der Waals surface area contributed by atoms with E-state index >= 15 is 0 Å². The van der Waals surface area contributed by atoms with Gasteiger partial charge in [0.25, 0.3) is 0 Å². The van der Waals surface area contributed by atoms with Gasteiger partial charge in [-0.15, -0.1) is 0 Å². The van der Waals surface area contributed by atoms with Gasteiger partial charge in [0.1, 0.15) is 5.78 Å². The molecule has 0 aliphatic carbocycles. The number of nitrogens with zero attached hydrogens (tertiary/aromatic N) is 2. The quantitative estimate of drug-likeness (QED) is 0.694. The van der Waals surface area contributed by atoms with Gasteiger partial charge in [-0.1, -0.05) is 22.9 Å². The maximum absolute atomic E-state index is 11.6. The van der Waals surface area contributed by atoms with Crippen LogP contribution in [0.1, 0.15) is 37.6 Å². The first-order chi connectivity index (χ1) is 8.10. The lowest BCUT2D eigenvalue weighted by atomic mass is 10.1. The SMILES string of the molecule is CCc1nn(C)c(CCC(=O)CCCBr)c1Br. The van der Waals surface area contributed by atoms with E-state index in [2.05, 4.69) is 43.9 Å². The van der Waals surface area contributed by atoms with Gasteiger partial charge in [0.15, 0.2) is 0 Å². The largest absolute Gasteiger partial charge is 0.300 e. The Kier molecular flexibility index (Phi) is 6.41. The average Bonchev–Trinajstić information content (AvgIpc) is 2.59. The fourth-order valence-electron chi connectivity index (χ4n) is 1.74. The van der Waals surface area contributed by atoms with E-state index in [0.29, 0.717) is 18.6 Å². The summed E-state index contributed by atoms with van der Waals surface area (Å²) in [6, 6.07) is 0. The molecule has 0 fully saturated rings. The van der Waals surface area contributed by atoms with Crippen molar-refractivity contribution in [3.05, 3.63) is 15.9 Å². The van der Waals surface area contributed by atoms with Crippen LogP contribution in [0.4, 0.5) is 0 Å². The number of halogens is 2. The first-order valence-corrected chi connectivity index (χ1v) is 7.79. The summed E-state index contributed by atoms with van der Waals surface area (Å²) in [5.41, 5.74) is 2.18. The van der Waals surface area contributed by atoms with Crippen LogP contribution in [0, 0.1) is 0 Å². The summed E-state index contributed by atoms with van der Waals surface area (Å²) in [6.07, 6.45) is 3.87. The van der Waals surface area contributed by atoms with Gasteiger partial charge >= 0.3 is 0 Å². The second-order valence-electron chi connectivity index (χ2n) is 4.02. The summed E-state index contributed by atoms with van der Waals surface area (Å²) in [4.78, 5) is 11.6. The van der Waals surface area contributed by atoms with Crippen molar-refractivity contribution < 1.29 is 4.79 Å². The van der Waals surface area contributed by atoms with Crippen molar-refractivity contribution in [3.63, 3.8) is 0 Å². The molecule has 1 aromatic heterocycles. The van der Waals surface area contributed by atoms with Gasteiger partial charge in [0.2, 0.25) is 0 Å². The van der Waals surface area contributed by atoms with Gasteiger partial charge in [0.05, 0.1) is 15.9 Å². The van der Waals surface area contributed by atoms with Crippen LogP contribution >= 0.6 is 31.9 Å². The Bertz CT molecular complexity index is 388. The Labute approximate surface area is 119 Å². The van der Waals surface area contributed by atoms with Crippen LogP contribution < -0.4 is 0 Å². The van der Waals surface area contributed by atoms with E-state index in [4.69, 9.17) is 0 Å². The summed E-state index contributed by atoms with van der Waals surface area (Å²) in [5, 5.41) is 5.32. The number of carbonyl (C=O) groups is 1. The smallest absolute Gasteiger partial charge is 0.133 e. The van der Waals surface area contributed by atoms with Crippen molar-refractivity contribution in [3.8, 4) is 0 Å². The first kappa shape index (κ1) is 14.9. The van der Waals surface area contributed by atoms with Gasteiger partial charge in [-0.3, -0.25) is 9.48 Å². The number of aryl methyl sites for hydroxylation is 2. The fourth-order valence-corrected chi connectivity index (χ4v) is 2.83. The highest BCUT2D eigenvalue weighted by atomic mass is 79.9. The van der Waals surface area contributed by atoms with Crippen LogP contribution in [-0.4, -0.2) is 20.9 Å². The van der Waals surface area contributed by atoms with E-state index < -0.39 is 0 Å². The molecule has 0 N–H and O–H groups in total. The van der Waals surface area contributed by atoms with E-state index in [1.54, 1.807) is 0 Å². The molecule has 0 aliphatic heterocycles. The Morgan fingerprint density at radius 1 is 1.41 bits per heavy atom. The predicted octanol–water partition coefficient (Wildman–Crippen LogP) is 3.42. The predicted molar refractivity (Wildman–Crippen MR) is 76.6 cm³/mol. The van der Waals surface area contributed by atoms with Crippen LogP contribution in [0.15, 0.2) is 4.47 Å². The minimum Gasteiger partial charge on any atom is -0.300 e. The molecule has 0 saturated carbocycles. The first-order valence-electron chi connectivity index (χ1n) is 5.88. The van der Waals surface area contributed by atoms with Crippen molar-refractivity contribution in [2.75, 3.05) is 5.33 Å². The molecule has 0 unspecified atom stereocenters. The molecule has 0 spiro atoms. The number of alkyl halides is 1. The lowest BCUT2D eigenvalue weighted by molar-refractivity contribution is -0.119. The molecule has 0 bridgehead atoms. The molecular formula is C12H18Br2N2O. The second kappa shape index (κ2) is 7.31. The Hall–Kier alpha value is -0.160. The fraction of sp³-hybridized carbons (Fsp3) is 0.667. The summed E-state index contributed by atoms with van der Waals surface area (Å²) < 4.78 is 2.94.